The van der Waals surface area contributed by atoms with Gasteiger partial charge in [-0.25, -0.2) is 0 Å². The summed E-state index contributed by atoms with van der Waals surface area (Å²) >= 11 is 0. The zero-order valence-electron chi connectivity index (χ0n) is 16.8. The zero-order valence-corrected chi connectivity index (χ0v) is 16.8. The van der Waals surface area contributed by atoms with Crippen LogP contribution in [0.5, 0.6) is 0 Å². The van der Waals surface area contributed by atoms with Crippen LogP contribution in [0.25, 0.3) is 11.1 Å². The van der Waals surface area contributed by atoms with Gasteiger partial charge in [0.2, 0.25) is 0 Å². The summed E-state index contributed by atoms with van der Waals surface area (Å²) in [5.74, 6) is 0. The first-order valence-corrected chi connectivity index (χ1v) is 10.1. The number of rotatable bonds is 10. The third-order valence-corrected chi connectivity index (χ3v) is 4.36. The van der Waals surface area contributed by atoms with Crippen molar-refractivity contribution in [3.05, 3.63) is 60.7 Å². The summed E-state index contributed by atoms with van der Waals surface area (Å²) in [6.45, 7) is 1.78. The van der Waals surface area contributed by atoms with Crippen LogP contribution < -0.4 is 5.32 Å². The highest BCUT2D eigenvalue weighted by molar-refractivity contribution is 5.62. The van der Waals surface area contributed by atoms with E-state index in [-0.39, 0.29) is 6.54 Å². The maximum atomic E-state index is 12.4. The van der Waals surface area contributed by atoms with Crippen molar-refractivity contribution in [2.75, 3.05) is 6.54 Å². The summed E-state index contributed by atoms with van der Waals surface area (Å²) in [5, 5.41) is 1.24. The molecule has 2 aromatic carbocycles. The predicted octanol–water partition coefficient (Wildman–Crippen LogP) is 7.84. The van der Waals surface area contributed by atoms with E-state index < -0.39 is 12.2 Å². The molecule has 1 N–H and O–H groups in total. The minimum absolute atomic E-state index is 0.305. The fourth-order valence-corrected chi connectivity index (χ4v) is 2.69. The standard InChI is InChI=1S/C12H10.C11H20F5N/c1-3-7-11(8-4-1)12-9-5-2-6-10-12;1-2-3-4-5-6-7-8-9-17-11(15,16)10(12,13)14/h1-10H;17H,2-9H2,1H3. The lowest BCUT2D eigenvalue weighted by Crippen LogP contribution is -2.49. The lowest BCUT2D eigenvalue weighted by molar-refractivity contribution is -0.295. The van der Waals surface area contributed by atoms with E-state index in [0.29, 0.717) is 12.8 Å². The largest absolute Gasteiger partial charge is 0.469 e. The van der Waals surface area contributed by atoms with E-state index in [1.165, 1.54) is 16.4 Å². The molecule has 162 valence electrons. The third-order valence-electron chi connectivity index (χ3n) is 4.36. The maximum absolute atomic E-state index is 12.4. The quantitative estimate of drug-likeness (QED) is 0.237. The number of hydrogen-bond acceptors (Lipinski definition) is 1. The number of halogens is 5. The molecule has 0 amide bonds. The van der Waals surface area contributed by atoms with Gasteiger partial charge in [0.25, 0.3) is 0 Å². The van der Waals surface area contributed by atoms with Gasteiger partial charge in [0.15, 0.2) is 0 Å². The molecule has 0 spiro atoms. The third kappa shape index (κ3) is 10.4. The van der Waals surface area contributed by atoms with Crippen LogP contribution in [0.3, 0.4) is 0 Å². The lowest BCUT2D eigenvalue weighted by atomic mass is 10.1. The molecule has 1 nitrogen and oxygen atoms in total. The molecule has 2 rings (SSSR count). The van der Waals surface area contributed by atoms with Crippen molar-refractivity contribution in [2.45, 2.75) is 64.1 Å². The van der Waals surface area contributed by atoms with Crippen molar-refractivity contribution in [1.82, 2.24) is 5.32 Å². The van der Waals surface area contributed by atoms with Crippen LogP contribution >= 0.6 is 0 Å². The van der Waals surface area contributed by atoms with E-state index in [0.717, 1.165) is 32.1 Å². The van der Waals surface area contributed by atoms with Crippen molar-refractivity contribution in [3.63, 3.8) is 0 Å². The highest BCUT2D eigenvalue weighted by Gasteiger charge is 2.57. The molecule has 6 heteroatoms. The van der Waals surface area contributed by atoms with E-state index in [1.54, 1.807) is 0 Å². The topological polar surface area (TPSA) is 12.0 Å². The van der Waals surface area contributed by atoms with Gasteiger partial charge in [-0.1, -0.05) is 106 Å². The molecule has 0 aromatic heterocycles. The van der Waals surface area contributed by atoms with Crippen LogP contribution in [0, 0.1) is 0 Å². The highest BCUT2D eigenvalue weighted by atomic mass is 19.4. The molecule has 0 heterocycles. The molecule has 0 atom stereocenters. The molecular formula is C23H30F5N. The van der Waals surface area contributed by atoms with Crippen LogP contribution in [0.4, 0.5) is 22.0 Å². The van der Waals surface area contributed by atoms with Gasteiger partial charge in [-0.15, -0.1) is 0 Å². The van der Waals surface area contributed by atoms with E-state index in [2.05, 4.69) is 55.5 Å². The van der Waals surface area contributed by atoms with Crippen LogP contribution in [0.15, 0.2) is 60.7 Å². The van der Waals surface area contributed by atoms with Crippen LogP contribution in [0.1, 0.15) is 51.9 Å². The lowest BCUT2D eigenvalue weighted by Gasteiger charge is -2.20. The first-order valence-electron chi connectivity index (χ1n) is 10.1. The van der Waals surface area contributed by atoms with Gasteiger partial charge in [-0.05, 0) is 17.5 Å². The van der Waals surface area contributed by atoms with Gasteiger partial charge in [-0.2, -0.15) is 22.0 Å². The van der Waals surface area contributed by atoms with E-state index in [1.807, 2.05) is 12.1 Å². The van der Waals surface area contributed by atoms with E-state index in [9.17, 15) is 22.0 Å². The minimum Gasteiger partial charge on any atom is -0.250 e. The van der Waals surface area contributed by atoms with Crippen LogP contribution in [-0.4, -0.2) is 18.8 Å². The number of alkyl halides is 5. The second kappa shape index (κ2) is 13.3. The summed E-state index contributed by atoms with van der Waals surface area (Å²) in [7, 11) is 0. The fourth-order valence-electron chi connectivity index (χ4n) is 2.69. The second-order valence-corrected chi connectivity index (χ2v) is 6.85. The highest BCUT2D eigenvalue weighted by Crippen LogP contribution is 2.32. The molecule has 0 aliphatic heterocycles. The van der Waals surface area contributed by atoms with Gasteiger partial charge in [0.05, 0.1) is 0 Å². The molecular weight excluding hydrogens is 385 g/mol. The van der Waals surface area contributed by atoms with Gasteiger partial charge < -0.3 is 0 Å². The summed E-state index contributed by atoms with van der Waals surface area (Å²) < 4.78 is 59.9. The molecule has 0 unspecified atom stereocenters. The predicted molar refractivity (Wildman–Crippen MR) is 109 cm³/mol. The Hall–Kier alpha value is -1.95. The molecule has 0 saturated carbocycles. The Morgan fingerprint density at radius 2 is 1.03 bits per heavy atom. The van der Waals surface area contributed by atoms with Crippen molar-refractivity contribution in [2.24, 2.45) is 0 Å². The van der Waals surface area contributed by atoms with Crippen LogP contribution in [-0.2, 0) is 0 Å². The van der Waals surface area contributed by atoms with Crippen molar-refractivity contribution in [3.8, 4) is 11.1 Å². The first-order chi connectivity index (χ1) is 13.8. The average molecular weight is 415 g/mol. The van der Waals surface area contributed by atoms with Gasteiger partial charge in [0, 0.05) is 6.54 Å². The molecule has 0 saturated heterocycles. The van der Waals surface area contributed by atoms with Crippen LogP contribution in [0.2, 0.25) is 0 Å². The van der Waals surface area contributed by atoms with Crippen molar-refractivity contribution in [1.29, 1.82) is 0 Å². The molecule has 0 fully saturated rings. The Morgan fingerprint density at radius 1 is 0.621 bits per heavy atom. The Morgan fingerprint density at radius 3 is 1.45 bits per heavy atom. The number of benzene rings is 2. The van der Waals surface area contributed by atoms with Gasteiger partial charge in [-0.3, -0.25) is 5.32 Å². The molecule has 2 aromatic rings. The number of unbranched alkanes of at least 4 members (excludes halogenated alkanes) is 6. The van der Waals surface area contributed by atoms with Gasteiger partial charge in [0.1, 0.15) is 0 Å². The van der Waals surface area contributed by atoms with Gasteiger partial charge >= 0.3 is 12.2 Å². The van der Waals surface area contributed by atoms with E-state index >= 15 is 0 Å². The van der Waals surface area contributed by atoms with E-state index in [4.69, 9.17) is 0 Å². The SMILES string of the molecule is CCCCCCCCCNC(F)(F)C(F)(F)F.c1ccc(-c2ccccc2)cc1. The Balaban J connectivity index is 0.000000304. The Kier molecular flexibility index (Phi) is 11.5. The normalized spacial score (nSPS) is 11.7. The van der Waals surface area contributed by atoms with Crippen molar-refractivity contribution >= 4 is 0 Å². The zero-order chi connectivity index (χ0) is 21.6. The number of nitrogens with one attached hydrogen (secondary N) is 1. The number of hydrogen-bond donors (Lipinski definition) is 1. The minimum atomic E-state index is -5.51. The molecule has 29 heavy (non-hydrogen) atoms. The Labute approximate surface area is 170 Å². The van der Waals surface area contributed by atoms with Crippen molar-refractivity contribution < 1.29 is 22.0 Å². The Bertz CT molecular complexity index is 604. The molecule has 0 aliphatic carbocycles. The smallest absolute Gasteiger partial charge is 0.250 e. The summed E-state index contributed by atoms with van der Waals surface area (Å²) in [6, 6.07) is 16.0. The monoisotopic (exact) mass is 415 g/mol. The molecule has 0 radical (unpaired) electrons. The summed E-state index contributed by atoms with van der Waals surface area (Å²) in [4.78, 5) is 0. The summed E-state index contributed by atoms with van der Waals surface area (Å²) in [6.07, 6.45) is 0.797. The second-order valence-electron chi connectivity index (χ2n) is 6.85. The fraction of sp³-hybridized carbons (Fsp3) is 0.478. The summed E-state index contributed by atoms with van der Waals surface area (Å²) in [5.41, 5.74) is 2.55. The first kappa shape index (κ1) is 25.1. The maximum Gasteiger partial charge on any atom is 0.469 e. The molecule has 0 aliphatic rings. The molecule has 0 bridgehead atoms. The average Bonchev–Trinajstić information content (AvgIpc) is 2.71.